The molecule has 0 aromatic rings. The third-order valence-electron chi connectivity index (χ3n) is 23.8. The molecule has 0 radical (unpaired) electrons. The SMILES string of the molecule is CCO[C@@H]1C[C@H]2C(=O)NC3(CCCC3)C(=O)N(C)[C@@H](C3CCCC3)C(=O)N(C)[C@H](C(=O)N(C)C)CC(=O)N(C)[C@@H](CC)C(=O)N[C@@H]([C@@H](C)CC)C(=O)N(C)CC(=O)N(C)[C@H]3C/C=C\CCN(C3=O)[C@@H](CC3CCC(C(F)(F)F)CC3)C(=O)N(C)CC(=O)N[C@@H](CCC3CC(F)C(C(F)(F)F)C(F)C3)C(=O)N2C1. The fourth-order valence-electron chi connectivity index (χ4n) is 17.2. The van der Waals surface area contributed by atoms with Crippen LogP contribution < -0.4 is 16.0 Å². The predicted molar refractivity (Wildman–Crippen MR) is 377 cm³/mol. The fourth-order valence-corrected chi connectivity index (χ4v) is 17.2. The van der Waals surface area contributed by atoms with Crippen LogP contribution in [0.1, 0.15) is 175 Å². The van der Waals surface area contributed by atoms with Crippen LogP contribution in [0.3, 0.4) is 0 Å². The van der Waals surface area contributed by atoms with Crippen LogP contribution in [-0.2, 0) is 62.3 Å². The Labute approximate surface area is 623 Å². The summed E-state index contributed by atoms with van der Waals surface area (Å²) in [4.78, 5) is 191. The Balaban J connectivity index is 1.32. The summed E-state index contributed by atoms with van der Waals surface area (Å²) in [7, 11) is 10.8. The summed E-state index contributed by atoms with van der Waals surface area (Å²) >= 11 is 0. The highest BCUT2D eigenvalue weighted by Crippen LogP contribution is 2.46. The van der Waals surface area contributed by atoms with E-state index in [9.17, 15) is 55.1 Å². The van der Waals surface area contributed by atoms with Gasteiger partial charge < -0.3 is 64.8 Å². The molecule has 6 fully saturated rings. The summed E-state index contributed by atoms with van der Waals surface area (Å²) < 4.78 is 121. The Hall–Kier alpha value is -7.22. The molecule has 25 nitrogen and oxygen atoms in total. The Morgan fingerprint density at radius 1 is 0.636 bits per heavy atom. The maximum absolute atomic E-state index is 15.7. The van der Waals surface area contributed by atoms with Crippen LogP contribution in [-0.4, -0.2) is 289 Å². The van der Waals surface area contributed by atoms with Crippen molar-refractivity contribution in [1.82, 2.24) is 60.0 Å². The number of nitrogens with zero attached hydrogens (tertiary/aromatic N) is 9. The minimum Gasteiger partial charge on any atom is -0.377 e. The largest absolute Gasteiger partial charge is 0.397 e. The normalized spacial score (nSPS) is 32.2. The number of rotatable bonds is 12. The van der Waals surface area contributed by atoms with Crippen molar-refractivity contribution in [2.45, 2.75) is 260 Å². The lowest BCUT2D eigenvalue weighted by atomic mass is 9.76. The van der Waals surface area contributed by atoms with Crippen LogP contribution in [0.2, 0.25) is 0 Å². The van der Waals surface area contributed by atoms with E-state index in [0.29, 0.717) is 44.9 Å². The monoisotopic (exact) mass is 1530 g/mol. The van der Waals surface area contributed by atoms with Gasteiger partial charge in [-0.05, 0) is 133 Å². The maximum Gasteiger partial charge on any atom is 0.397 e. The summed E-state index contributed by atoms with van der Waals surface area (Å²) in [6.45, 7) is 4.86. The molecule has 604 valence electrons. The molecule has 12 atom stereocenters. The van der Waals surface area contributed by atoms with Crippen molar-refractivity contribution in [3.63, 3.8) is 0 Å². The molecule has 7 aliphatic rings. The number of alkyl halides is 8. The quantitative estimate of drug-likeness (QED) is 0.147. The minimum absolute atomic E-state index is 0.00264. The van der Waals surface area contributed by atoms with Gasteiger partial charge in [0.05, 0.1) is 31.5 Å². The Bertz CT molecular complexity index is 3190. The lowest BCUT2D eigenvalue weighted by molar-refractivity contribution is -0.219. The molecule has 2 bridgehead atoms. The van der Waals surface area contributed by atoms with Gasteiger partial charge in [-0.25, -0.2) is 8.78 Å². The van der Waals surface area contributed by atoms with Crippen LogP contribution in [0.25, 0.3) is 0 Å². The van der Waals surface area contributed by atoms with Crippen molar-refractivity contribution < 1.29 is 97.4 Å². The smallest absolute Gasteiger partial charge is 0.377 e. The fraction of sp³-hybridized carbons (Fsp3) is 0.811. The summed E-state index contributed by atoms with van der Waals surface area (Å²) in [6, 6.07) is -11.4. The molecule has 4 saturated carbocycles. The maximum atomic E-state index is 15.7. The zero-order valence-corrected chi connectivity index (χ0v) is 64.1. The first-order chi connectivity index (χ1) is 50.2. The second-order valence-electron chi connectivity index (χ2n) is 31.3. The van der Waals surface area contributed by atoms with E-state index >= 15 is 37.5 Å². The van der Waals surface area contributed by atoms with Crippen LogP contribution >= 0.6 is 0 Å². The molecule has 12 amide bonds. The Morgan fingerprint density at radius 3 is 1.82 bits per heavy atom. The number of ether oxygens (including phenoxy) is 1. The van der Waals surface area contributed by atoms with E-state index in [-0.39, 0.29) is 96.7 Å². The number of carbonyl (C=O) groups is 12. The van der Waals surface area contributed by atoms with Crippen molar-refractivity contribution in [2.75, 3.05) is 89.2 Å². The highest BCUT2D eigenvalue weighted by molar-refractivity contribution is 6.01. The van der Waals surface area contributed by atoms with Gasteiger partial charge in [-0.1, -0.05) is 65.0 Å². The third-order valence-corrected chi connectivity index (χ3v) is 23.8. The highest BCUT2D eigenvalue weighted by Gasteiger charge is 2.56. The Morgan fingerprint density at radius 2 is 1.25 bits per heavy atom. The molecular weight excluding hydrogens is 1420 g/mol. The summed E-state index contributed by atoms with van der Waals surface area (Å²) in [6.07, 6.45) is -12.8. The summed E-state index contributed by atoms with van der Waals surface area (Å²) in [5.74, 6) is -16.8. The second-order valence-corrected chi connectivity index (χ2v) is 31.3. The van der Waals surface area contributed by atoms with Gasteiger partial charge in [-0.3, -0.25) is 57.5 Å². The number of hydrogen-bond donors (Lipinski definition) is 3. The van der Waals surface area contributed by atoms with Crippen molar-refractivity contribution in [3.8, 4) is 0 Å². The van der Waals surface area contributed by atoms with Crippen molar-refractivity contribution in [1.29, 1.82) is 0 Å². The molecule has 33 heteroatoms. The van der Waals surface area contributed by atoms with Gasteiger partial charge in [0.2, 0.25) is 70.9 Å². The van der Waals surface area contributed by atoms with Gasteiger partial charge in [0.1, 0.15) is 72.1 Å². The minimum atomic E-state index is -5.22. The number of amides is 12. The number of halogens is 8. The number of nitrogens with one attached hydrogen (secondary N) is 3. The van der Waals surface area contributed by atoms with Gasteiger partial charge in [-0.15, -0.1) is 0 Å². The van der Waals surface area contributed by atoms with Crippen LogP contribution in [0.4, 0.5) is 35.1 Å². The molecule has 1 spiro atoms. The van der Waals surface area contributed by atoms with E-state index in [4.69, 9.17) is 4.74 Å². The molecular formula is C74H114F8N12O13. The Kier molecular flexibility index (Phi) is 30.5. The van der Waals surface area contributed by atoms with E-state index in [0.717, 1.165) is 29.4 Å². The number of hydrogen-bond acceptors (Lipinski definition) is 13. The first-order valence-corrected chi connectivity index (χ1v) is 38.2. The van der Waals surface area contributed by atoms with E-state index in [1.54, 1.807) is 39.8 Å². The van der Waals surface area contributed by atoms with E-state index in [2.05, 4.69) is 16.0 Å². The van der Waals surface area contributed by atoms with Gasteiger partial charge in [0.15, 0.2) is 0 Å². The number of fused-ring (bicyclic) bond motifs is 3. The van der Waals surface area contributed by atoms with E-state index in [1.807, 2.05) is 0 Å². The van der Waals surface area contributed by atoms with Crippen molar-refractivity contribution in [3.05, 3.63) is 12.2 Å². The van der Waals surface area contributed by atoms with Crippen LogP contribution in [0, 0.1) is 35.5 Å². The molecule has 3 aliphatic heterocycles. The molecule has 4 aliphatic carbocycles. The summed E-state index contributed by atoms with van der Waals surface area (Å²) in [5.41, 5.74) is -1.72. The molecule has 107 heavy (non-hydrogen) atoms. The standard InChI is InChI=1S/C74H114F8N12O13/c1-13-43(4)61-69(104)88(8)42-59(97)90(10)53-25-17-16-22-34-93(68(53)103)56(37-44-26-29-47(30-27-44)73(77,78)79)67(102)87(7)41-57(95)83-51(31-28-45-35-49(75)60(50(76)36-45)74(80,81)82)65(100)94-40-48(107-15-3)38-54(94)64(99)85-72(32-20-21-33-72)71(106)92(12)62(46-23-18-19-24-46)70(105)91(11)55(66(101)86(5)6)39-58(96)89(9)52(14-2)63(98)84-61/h16-17,43-56,60-62H,13-15,18-42H2,1-12H3,(H,83,95)(H,84,98)(H,85,99)/b17-16-/t43-,44?,45?,47?,48+,49?,50?,51-,52-,53-,54-,55-,56-,60?,61-,62-/m0/s1. The van der Waals surface area contributed by atoms with Gasteiger partial charge in [0, 0.05) is 82.5 Å². The molecule has 0 aromatic heterocycles. The van der Waals surface area contributed by atoms with Crippen molar-refractivity contribution in [2.24, 2.45) is 35.5 Å². The lowest BCUT2D eigenvalue weighted by Crippen LogP contribution is -2.65. The molecule has 0 aromatic carbocycles. The van der Waals surface area contributed by atoms with Crippen LogP contribution in [0.15, 0.2) is 12.2 Å². The lowest BCUT2D eigenvalue weighted by Gasteiger charge is -2.42. The van der Waals surface area contributed by atoms with Gasteiger partial charge >= 0.3 is 12.4 Å². The highest BCUT2D eigenvalue weighted by atomic mass is 19.4. The van der Waals surface area contributed by atoms with Crippen LogP contribution in [0.5, 0.6) is 0 Å². The van der Waals surface area contributed by atoms with E-state index in [1.165, 1.54) is 71.1 Å². The number of carbonyl (C=O) groups excluding carboxylic acids is 12. The second kappa shape index (κ2) is 37.5. The topological polar surface area (TPSA) is 279 Å². The molecule has 3 heterocycles. The van der Waals surface area contributed by atoms with Gasteiger partial charge in [-0.2, -0.15) is 26.3 Å². The average Bonchev–Trinajstić information content (AvgIpc) is 1.70. The third kappa shape index (κ3) is 21.0. The van der Waals surface area contributed by atoms with Gasteiger partial charge in [0.25, 0.3) is 0 Å². The molecule has 3 N–H and O–H groups in total. The predicted octanol–water partition coefficient (Wildman–Crippen LogP) is 6.10. The molecule has 2 saturated heterocycles. The number of likely N-dealkylation sites (N-methyl/N-ethyl adjacent to an activating group) is 7. The van der Waals surface area contributed by atoms with E-state index < -0.39 is 230 Å². The first kappa shape index (κ1) is 87.0. The zero-order valence-electron chi connectivity index (χ0n) is 64.1. The zero-order chi connectivity index (χ0) is 79.5. The first-order valence-electron chi connectivity index (χ1n) is 38.2. The average molecular weight is 1530 g/mol. The molecule has 2 unspecified atom stereocenters. The van der Waals surface area contributed by atoms with Crippen molar-refractivity contribution >= 4 is 70.9 Å². The summed E-state index contributed by atoms with van der Waals surface area (Å²) in [5, 5.41) is 8.42. The molecule has 7 rings (SSSR count).